The topological polar surface area (TPSA) is 33.1 Å². The van der Waals surface area contributed by atoms with Crippen LogP contribution in [0.3, 0.4) is 0 Å². The van der Waals surface area contributed by atoms with Gasteiger partial charge in [0, 0.05) is 6.20 Å². The van der Waals surface area contributed by atoms with Gasteiger partial charge in [-0.05, 0) is 30.5 Å². The molecule has 1 unspecified atom stereocenters. The number of aliphatic hydroxyl groups excluding tert-OH is 1. The molecule has 0 aliphatic rings. The van der Waals surface area contributed by atoms with Crippen LogP contribution in [0.4, 0.5) is 0 Å². The minimum atomic E-state index is -0.535. The van der Waals surface area contributed by atoms with Crippen LogP contribution in [0, 0.1) is 0 Å². The van der Waals surface area contributed by atoms with Crippen molar-refractivity contribution in [3.05, 3.63) is 64.9 Å². The van der Waals surface area contributed by atoms with Crippen molar-refractivity contribution in [2.24, 2.45) is 0 Å². The van der Waals surface area contributed by atoms with Crippen molar-refractivity contribution < 1.29 is 5.11 Å². The van der Waals surface area contributed by atoms with Gasteiger partial charge in [-0.15, -0.1) is 0 Å². The maximum atomic E-state index is 9.97. The van der Waals surface area contributed by atoms with Crippen molar-refractivity contribution in [2.45, 2.75) is 18.9 Å². The molecule has 1 heterocycles. The Labute approximate surface area is 106 Å². The Morgan fingerprint density at radius 3 is 2.53 bits per heavy atom. The molecule has 88 valence electrons. The van der Waals surface area contributed by atoms with Gasteiger partial charge < -0.3 is 5.11 Å². The lowest BCUT2D eigenvalue weighted by Gasteiger charge is -2.09. The van der Waals surface area contributed by atoms with E-state index in [-0.39, 0.29) is 0 Å². The number of aromatic nitrogens is 1. The number of aryl methyl sites for hydroxylation is 1. The van der Waals surface area contributed by atoms with Crippen LogP contribution < -0.4 is 0 Å². The van der Waals surface area contributed by atoms with E-state index < -0.39 is 6.10 Å². The number of benzene rings is 1. The zero-order valence-electron chi connectivity index (χ0n) is 9.38. The van der Waals surface area contributed by atoms with Crippen molar-refractivity contribution >= 4 is 11.6 Å². The third kappa shape index (κ3) is 3.55. The number of hydrogen-bond donors (Lipinski definition) is 1. The lowest BCUT2D eigenvalue weighted by Crippen LogP contribution is -2.01. The van der Waals surface area contributed by atoms with E-state index in [9.17, 15) is 5.11 Å². The lowest BCUT2D eigenvalue weighted by atomic mass is 10.0. The van der Waals surface area contributed by atoms with Crippen LogP contribution in [-0.4, -0.2) is 10.1 Å². The van der Waals surface area contributed by atoms with Crippen molar-refractivity contribution in [2.75, 3.05) is 0 Å². The maximum absolute atomic E-state index is 9.97. The van der Waals surface area contributed by atoms with Crippen LogP contribution in [0.15, 0.2) is 48.7 Å². The van der Waals surface area contributed by atoms with E-state index in [4.69, 9.17) is 11.6 Å². The second-order valence-electron chi connectivity index (χ2n) is 3.94. The van der Waals surface area contributed by atoms with Gasteiger partial charge in [-0.2, -0.15) is 0 Å². The molecule has 1 aromatic carbocycles. The van der Waals surface area contributed by atoms with E-state index in [0.717, 1.165) is 6.42 Å². The highest BCUT2D eigenvalue weighted by Gasteiger charge is 2.08. The van der Waals surface area contributed by atoms with Gasteiger partial charge in [-0.1, -0.05) is 41.9 Å². The number of halogens is 1. The number of pyridine rings is 1. The maximum Gasteiger partial charge on any atom is 0.0962 e. The van der Waals surface area contributed by atoms with Crippen LogP contribution in [0.2, 0.25) is 5.02 Å². The summed E-state index contributed by atoms with van der Waals surface area (Å²) in [7, 11) is 0. The van der Waals surface area contributed by atoms with E-state index >= 15 is 0 Å². The van der Waals surface area contributed by atoms with Gasteiger partial charge in [-0.25, -0.2) is 0 Å². The molecule has 0 bridgehead atoms. The number of aliphatic hydroxyl groups is 1. The summed E-state index contributed by atoms with van der Waals surface area (Å²) in [5.74, 6) is 0. The first-order valence-electron chi connectivity index (χ1n) is 5.59. The highest BCUT2D eigenvalue weighted by Crippen LogP contribution is 2.18. The molecule has 0 aliphatic carbocycles. The average Bonchev–Trinajstić information content (AvgIpc) is 2.38. The van der Waals surface area contributed by atoms with E-state index in [1.54, 1.807) is 18.3 Å². The van der Waals surface area contributed by atoms with Crippen LogP contribution >= 0.6 is 11.6 Å². The predicted octanol–water partition coefficient (Wildman–Crippen LogP) is 3.40. The van der Waals surface area contributed by atoms with E-state index in [1.807, 2.05) is 18.2 Å². The first-order chi connectivity index (χ1) is 8.25. The Hall–Kier alpha value is -1.38. The summed E-state index contributed by atoms with van der Waals surface area (Å²) in [6.45, 7) is 0. The fourth-order valence-corrected chi connectivity index (χ4v) is 1.79. The minimum absolute atomic E-state index is 0.535. The van der Waals surface area contributed by atoms with Crippen LogP contribution in [0.1, 0.15) is 23.8 Å². The molecule has 0 spiro atoms. The Bertz CT molecular complexity index is 455. The molecule has 17 heavy (non-hydrogen) atoms. The molecule has 3 heteroatoms. The van der Waals surface area contributed by atoms with Crippen molar-refractivity contribution in [1.82, 2.24) is 4.98 Å². The first-order valence-corrected chi connectivity index (χ1v) is 5.97. The highest BCUT2D eigenvalue weighted by atomic mass is 35.5. The van der Waals surface area contributed by atoms with Gasteiger partial charge in [0.25, 0.3) is 0 Å². The second-order valence-corrected chi connectivity index (χ2v) is 4.38. The highest BCUT2D eigenvalue weighted by molar-refractivity contribution is 6.30. The molecule has 0 saturated heterocycles. The van der Waals surface area contributed by atoms with Gasteiger partial charge in [0.2, 0.25) is 0 Å². The Balaban J connectivity index is 1.93. The second kappa shape index (κ2) is 5.80. The number of nitrogens with zero attached hydrogens (tertiary/aromatic N) is 1. The Morgan fingerprint density at radius 1 is 1.12 bits per heavy atom. The zero-order valence-corrected chi connectivity index (χ0v) is 10.1. The quantitative estimate of drug-likeness (QED) is 0.898. The fourth-order valence-electron chi connectivity index (χ4n) is 1.68. The Kier molecular flexibility index (Phi) is 4.13. The summed E-state index contributed by atoms with van der Waals surface area (Å²) in [5, 5.41) is 10.6. The third-order valence-corrected chi connectivity index (χ3v) is 2.86. The van der Waals surface area contributed by atoms with Gasteiger partial charge >= 0.3 is 0 Å². The molecule has 0 amide bonds. The van der Waals surface area contributed by atoms with Crippen molar-refractivity contribution in [1.29, 1.82) is 0 Å². The fraction of sp³-hybridized carbons (Fsp3) is 0.214. The molecule has 2 rings (SSSR count). The van der Waals surface area contributed by atoms with E-state index in [1.165, 1.54) is 5.56 Å². The van der Waals surface area contributed by atoms with Crippen LogP contribution in [-0.2, 0) is 6.42 Å². The normalized spacial score (nSPS) is 12.4. The third-order valence-electron chi connectivity index (χ3n) is 2.64. The van der Waals surface area contributed by atoms with Crippen molar-refractivity contribution in [3.8, 4) is 0 Å². The largest absolute Gasteiger partial charge is 0.387 e. The summed E-state index contributed by atoms with van der Waals surface area (Å²) in [6, 6.07) is 13.6. The van der Waals surface area contributed by atoms with Crippen LogP contribution in [0.25, 0.3) is 0 Å². The monoisotopic (exact) mass is 247 g/mol. The standard InChI is InChI=1S/C14H14ClNO/c15-12-7-8-13(16-10-12)14(17)9-6-11-4-2-1-3-5-11/h1-5,7-8,10,14,17H,6,9H2. The van der Waals surface area contributed by atoms with E-state index in [2.05, 4.69) is 17.1 Å². The summed E-state index contributed by atoms with van der Waals surface area (Å²) < 4.78 is 0. The predicted molar refractivity (Wildman–Crippen MR) is 69.0 cm³/mol. The lowest BCUT2D eigenvalue weighted by molar-refractivity contribution is 0.163. The summed E-state index contributed by atoms with van der Waals surface area (Å²) in [6.07, 6.45) is 2.53. The molecular weight excluding hydrogens is 234 g/mol. The average molecular weight is 248 g/mol. The first kappa shape index (κ1) is 12.1. The Morgan fingerprint density at radius 2 is 1.88 bits per heavy atom. The molecule has 1 N–H and O–H groups in total. The molecule has 0 fully saturated rings. The zero-order chi connectivity index (χ0) is 12.1. The van der Waals surface area contributed by atoms with Gasteiger partial charge in [0.15, 0.2) is 0 Å². The molecule has 0 saturated carbocycles. The van der Waals surface area contributed by atoms with Gasteiger partial charge in [0.05, 0.1) is 16.8 Å². The molecule has 0 aliphatic heterocycles. The summed E-state index contributed by atoms with van der Waals surface area (Å²) >= 11 is 5.75. The molecule has 0 radical (unpaired) electrons. The van der Waals surface area contributed by atoms with Crippen LogP contribution in [0.5, 0.6) is 0 Å². The molecule has 2 aromatic rings. The molecular formula is C14H14ClNO. The molecule has 1 aromatic heterocycles. The summed E-state index contributed by atoms with van der Waals surface area (Å²) in [5.41, 5.74) is 1.89. The number of hydrogen-bond acceptors (Lipinski definition) is 2. The molecule has 2 nitrogen and oxygen atoms in total. The smallest absolute Gasteiger partial charge is 0.0962 e. The van der Waals surface area contributed by atoms with Gasteiger partial charge in [0.1, 0.15) is 0 Å². The van der Waals surface area contributed by atoms with Gasteiger partial charge in [-0.3, -0.25) is 4.98 Å². The number of rotatable bonds is 4. The van der Waals surface area contributed by atoms with Crippen molar-refractivity contribution in [3.63, 3.8) is 0 Å². The van der Waals surface area contributed by atoms with E-state index in [0.29, 0.717) is 17.1 Å². The molecule has 1 atom stereocenters. The summed E-state index contributed by atoms with van der Waals surface area (Å²) in [4.78, 5) is 4.11. The minimum Gasteiger partial charge on any atom is -0.387 e. The SMILES string of the molecule is OC(CCc1ccccc1)c1ccc(Cl)cn1.